The molecule has 0 radical (unpaired) electrons. The van der Waals surface area contributed by atoms with Crippen LogP contribution in [0.3, 0.4) is 0 Å². The normalized spacial score (nSPS) is 23.5. The topological polar surface area (TPSA) is 24.5 Å². The van der Waals surface area contributed by atoms with Crippen molar-refractivity contribution in [2.45, 2.75) is 71.1 Å². The third-order valence-electron chi connectivity index (χ3n) is 3.83. The maximum absolute atomic E-state index is 5.99. The number of hydrogen-bond donors (Lipinski definition) is 1. The second kappa shape index (κ2) is 8.89. The molecule has 0 aromatic rings. The average molecular weight is 256 g/mol. The minimum absolute atomic E-state index is 0.397. The highest BCUT2D eigenvalue weighted by Crippen LogP contribution is 2.16. The zero-order valence-electron chi connectivity index (χ0n) is 12.7. The standard InChI is InChI=1S/C15H32N2O/c1-13(2)16-10-7-8-14(3)18-12-15-9-5-6-11-17(15)4/h13-16H,5-12H2,1-4H3. The third-order valence-corrected chi connectivity index (χ3v) is 3.83. The summed E-state index contributed by atoms with van der Waals surface area (Å²) < 4.78 is 5.99. The van der Waals surface area contributed by atoms with E-state index in [1.807, 2.05) is 0 Å². The Kier molecular flexibility index (Phi) is 7.87. The minimum Gasteiger partial charge on any atom is -0.377 e. The van der Waals surface area contributed by atoms with Gasteiger partial charge in [-0.1, -0.05) is 20.3 Å². The van der Waals surface area contributed by atoms with Crippen LogP contribution in [0.25, 0.3) is 0 Å². The van der Waals surface area contributed by atoms with E-state index in [4.69, 9.17) is 4.74 Å². The molecule has 0 aromatic carbocycles. The van der Waals surface area contributed by atoms with Crippen molar-refractivity contribution in [2.75, 3.05) is 26.7 Å². The summed E-state index contributed by atoms with van der Waals surface area (Å²) in [4.78, 5) is 2.45. The van der Waals surface area contributed by atoms with Gasteiger partial charge in [0.1, 0.15) is 0 Å². The molecule has 1 aliphatic rings. The lowest BCUT2D eigenvalue weighted by Gasteiger charge is -2.33. The van der Waals surface area contributed by atoms with Crippen LogP contribution in [0.5, 0.6) is 0 Å². The third kappa shape index (κ3) is 6.72. The van der Waals surface area contributed by atoms with Gasteiger partial charge in [-0.05, 0) is 52.7 Å². The molecule has 1 N–H and O–H groups in total. The molecule has 1 rings (SSSR count). The van der Waals surface area contributed by atoms with Gasteiger partial charge >= 0.3 is 0 Å². The number of nitrogens with one attached hydrogen (secondary N) is 1. The highest BCUT2D eigenvalue weighted by atomic mass is 16.5. The van der Waals surface area contributed by atoms with Crippen LogP contribution in [0.4, 0.5) is 0 Å². The number of ether oxygens (including phenoxy) is 1. The molecule has 0 spiro atoms. The lowest BCUT2D eigenvalue weighted by Crippen LogP contribution is -2.40. The van der Waals surface area contributed by atoms with Crippen LogP contribution in [0.2, 0.25) is 0 Å². The molecule has 1 saturated heterocycles. The monoisotopic (exact) mass is 256 g/mol. The van der Waals surface area contributed by atoms with Crippen molar-refractivity contribution in [2.24, 2.45) is 0 Å². The van der Waals surface area contributed by atoms with Gasteiger partial charge in [0.05, 0.1) is 12.7 Å². The van der Waals surface area contributed by atoms with Gasteiger partial charge in [0.2, 0.25) is 0 Å². The Bertz CT molecular complexity index is 209. The number of likely N-dealkylation sites (tertiary alicyclic amines) is 1. The molecule has 0 amide bonds. The van der Waals surface area contributed by atoms with E-state index < -0.39 is 0 Å². The van der Waals surface area contributed by atoms with Crippen LogP contribution < -0.4 is 5.32 Å². The molecule has 3 heteroatoms. The smallest absolute Gasteiger partial charge is 0.0625 e. The molecular formula is C15H32N2O. The van der Waals surface area contributed by atoms with Gasteiger partial charge in [-0.25, -0.2) is 0 Å². The minimum atomic E-state index is 0.397. The zero-order valence-corrected chi connectivity index (χ0v) is 12.7. The first-order valence-electron chi connectivity index (χ1n) is 7.65. The molecule has 2 unspecified atom stereocenters. The maximum Gasteiger partial charge on any atom is 0.0625 e. The van der Waals surface area contributed by atoms with Crippen LogP contribution in [-0.2, 0) is 4.74 Å². The van der Waals surface area contributed by atoms with Gasteiger partial charge in [0.25, 0.3) is 0 Å². The van der Waals surface area contributed by atoms with Crippen LogP contribution in [0, 0.1) is 0 Å². The molecule has 0 aliphatic carbocycles. The summed E-state index contributed by atoms with van der Waals surface area (Å²) in [5.41, 5.74) is 0. The second-order valence-electron chi connectivity index (χ2n) is 6.03. The van der Waals surface area contributed by atoms with Crippen molar-refractivity contribution in [3.63, 3.8) is 0 Å². The predicted molar refractivity (Wildman–Crippen MR) is 78.1 cm³/mol. The van der Waals surface area contributed by atoms with Gasteiger partial charge in [0, 0.05) is 12.1 Å². The largest absolute Gasteiger partial charge is 0.377 e. The number of rotatable bonds is 8. The highest BCUT2D eigenvalue weighted by Gasteiger charge is 2.19. The lowest BCUT2D eigenvalue weighted by molar-refractivity contribution is 0.00790. The van der Waals surface area contributed by atoms with E-state index in [0.29, 0.717) is 18.2 Å². The van der Waals surface area contributed by atoms with Gasteiger partial charge in [-0.2, -0.15) is 0 Å². The number of likely N-dealkylation sites (N-methyl/N-ethyl adjacent to an activating group) is 1. The summed E-state index contributed by atoms with van der Waals surface area (Å²) in [5.74, 6) is 0. The van der Waals surface area contributed by atoms with E-state index in [9.17, 15) is 0 Å². The molecule has 108 valence electrons. The Hall–Kier alpha value is -0.120. The first-order chi connectivity index (χ1) is 8.59. The zero-order chi connectivity index (χ0) is 13.4. The summed E-state index contributed by atoms with van der Waals surface area (Å²) >= 11 is 0. The quantitative estimate of drug-likeness (QED) is 0.676. The van der Waals surface area contributed by atoms with Gasteiger partial charge in [-0.3, -0.25) is 0 Å². The molecule has 0 saturated carbocycles. The number of hydrogen-bond acceptors (Lipinski definition) is 3. The summed E-state index contributed by atoms with van der Waals surface area (Å²) in [5, 5.41) is 3.45. The predicted octanol–water partition coefficient (Wildman–Crippen LogP) is 2.65. The summed E-state index contributed by atoms with van der Waals surface area (Å²) in [7, 11) is 2.23. The van der Waals surface area contributed by atoms with Gasteiger partial charge in [-0.15, -0.1) is 0 Å². The SMILES string of the molecule is CC(C)NCCCC(C)OCC1CCCCN1C. The van der Waals surface area contributed by atoms with Crippen molar-refractivity contribution < 1.29 is 4.74 Å². The summed E-state index contributed by atoms with van der Waals surface area (Å²) in [6.45, 7) is 9.85. The Balaban J connectivity index is 2.03. The molecule has 1 heterocycles. The summed E-state index contributed by atoms with van der Waals surface area (Å²) in [6.07, 6.45) is 6.79. The van der Waals surface area contributed by atoms with Crippen molar-refractivity contribution in [3.05, 3.63) is 0 Å². The van der Waals surface area contributed by atoms with Gasteiger partial charge in [0.15, 0.2) is 0 Å². The molecule has 0 aromatic heterocycles. The van der Waals surface area contributed by atoms with Crippen molar-refractivity contribution in [1.29, 1.82) is 0 Å². The lowest BCUT2D eigenvalue weighted by atomic mass is 10.0. The number of nitrogens with zero attached hydrogens (tertiary/aromatic N) is 1. The van der Waals surface area contributed by atoms with Gasteiger partial charge < -0.3 is 15.0 Å². The fourth-order valence-corrected chi connectivity index (χ4v) is 2.49. The number of piperidine rings is 1. The first kappa shape index (κ1) is 15.9. The molecule has 2 atom stereocenters. The highest BCUT2D eigenvalue weighted by molar-refractivity contribution is 4.74. The Morgan fingerprint density at radius 3 is 2.72 bits per heavy atom. The fourth-order valence-electron chi connectivity index (χ4n) is 2.49. The van der Waals surface area contributed by atoms with E-state index in [0.717, 1.165) is 19.6 Å². The van der Waals surface area contributed by atoms with E-state index in [1.54, 1.807) is 0 Å². The van der Waals surface area contributed by atoms with Crippen molar-refractivity contribution in [1.82, 2.24) is 10.2 Å². The Labute approximate surface area is 113 Å². The molecule has 0 bridgehead atoms. The molecular weight excluding hydrogens is 224 g/mol. The van der Waals surface area contributed by atoms with Crippen molar-refractivity contribution >= 4 is 0 Å². The molecule has 18 heavy (non-hydrogen) atoms. The van der Waals surface area contributed by atoms with Crippen LogP contribution >= 0.6 is 0 Å². The molecule has 1 aliphatic heterocycles. The first-order valence-corrected chi connectivity index (χ1v) is 7.65. The fraction of sp³-hybridized carbons (Fsp3) is 1.00. The summed E-state index contributed by atoms with van der Waals surface area (Å²) in [6, 6.07) is 1.24. The van der Waals surface area contributed by atoms with Crippen LogP contribution in [0.15, 0.2) is 0 Å². The van der Waals surface area contributed by atoms with Crippen LogP contribution in [-0.4, -0.2) is 49.8 Å². The van der Waals surface area contributed by atoms with E-state index in [1.165, 1.54) is 32.2 Å². The molecule has 3 nitrogen and oxygen atoms in total. The van der Waals surface area contributed by atoms with E-state index in [-0.39, 0.29) is 0 Å². The van der Waals surface area contributed by atoms with Crippen molar-refractivity contribution in [3.8, 4) is 0 Å². The van der Waals surface area contributed by atoms with Crippen LogP contribution in [0.1, 0.15) is 52.9 Å². The van der Waals surface area contributed by atoms with E-state index >= 15 is 0 Å². The molecule has 1 fully saturated rings. The maximum atomic E-state index is 5.99. The average Bonchev–Trinajstić information content (AvgIpc) is 2.33. The van der Waals surface area contributed by atoms with E-state index in [2.05, 4.69) is 38.0 Å². The Morgan fingerprint density at radius 2 is 2.06 bits per heavy atom. The second-order valence-corrected chi connectivity index (χ2v) is 6.03. The Morgan fingerprint density at radius 1 is 1.28 bits per heavy atom.